The van der Waals surface area contributed by atoms with Crippen LogP contribution in [-0.2, 0) is 23.4 Å². The van der Waals surface area contributed by atoms with Gasteiger partial charge in [0.1, 0.15) is 17.9 Å². The van der Waals surface area contributed by atoms with Crippen molar-refractivity contribution in [2.45, 2.75) is 32.2 Å². The topological polar surface area (TPSA) is 162 Å². The molecule has 0 aliphatic carbocycles. The number of carbonyl (C=O) groups excluding carboxylic acids is 1. The van der Waals surface area contributed by atoms with Crippen molar-refractivity contribution in [3.05, 3.63) is 74.6 Å². The van der Waals surface area contributed by atoms with Crippen LogP contribution in [0.2, 0.25) is 0 Å². The van der Waals surface area contributed by atoms with Gasteiger partial charge in [0.2, 0.25) is 0 Å². The Balaban J connectivity index is 1.72. The highest BCUT2D eigenvalue weighted by atomic mass is 31.2. The second-order valence-corrected chi connectivity index (χ2v) is 9.02. The van der Waals surface area contributed by atoms with Gasteiger partial charge in [-0.2, -0.15) is 10.3 Å². The van der Waals surface area contributed by atoms with Crippen LogP contribution in [0.3, 0.4) is 0 Å². The summed E-state index contributed by atoms with van der Waals surface area (Å²) in [6.45, 7) is 2.73. The number of ether oxygens (including phenoxy) is 2. The van der Waals surface area contributed by atoms with Gasteiger partial charge in [0, 0.05) is 11.8 Å². The molecule has 34 heavy (non-hydrogen) atoms. The van der Waals surface area contributed by atoms with Gasteiger partial charge in [0.15, 0.2) is 6.23 Å². The van der Waals surface area contributed by atoms with E-state index in [-0.39, 0.29) is 12.4 Å². The van der Waals surface area contributed by atoms with Gasteiger partial charge in [-0.1, -0.05) is 6.08 Å². The largest absolute Gasteiger partial charge is 0.468 e. The van der Waals surface area contributed by atoms with E-state index in [0.29, 0.717) is 11.1 Å². The van der Waals surface area contributed by atoms with Crippen molar-refractivity contribution < 1.29 is 27.9 Å². The molecule has 0 fully saturated rings. The number of aryl methyl sites for hydroxylation is 1. The Morgan fingerprint density at radius 3 is 2.68 bits per heavy atom. The highest BCUT2D eigenvalue weighted by molar-refractivity contribution is 7.52. The summed E-state index contributed by atoms with van der Waals surface area (Å²) in [5.74, 6) is -0.542. The standard InChI is InChI=1S/C21H23N4O8P/c1-13-11-25(21(28)23-19(13)26)18-9-8-17(32-18)12-31-34(29,24-14(2)20(27)30-3)33-16-6-4-15(10-22)5-7-16/h4-9,11,14,17-18H,12H2,1-3H3,(H,24,29)(H,23,26,28)/t14-,17?,18?,34?/m0/s1. The molecule has 1 aliphatic heterocycles. The van der Waals surface area contributed by atoms with Crippen LogP contribution in [0.4, 0.5) is 0 Å². The summed E-state index contributed by atoms with van der Waals surface area (Å²) in [7, 11) is -2.93. The molecule has 2 heterocycles. The van der Waals surface area contributed by atoms with Crippen molar-refractivity contribution in [1.29, 1.82) is 5.26 Å². The minimum absolute atomic E-state index is 0.142. The zero-order chi connectivity index (χ0) is 24.9. The number of carbonyl (C=O) groups is 1. The van der Waals surface area contributed by atoms with Crippen molar-refractivity contribution >= 4 is 13.7 Å². The SMILES string of the molecule is COC(=O)[C@H](C)NP(=O)(OCC1C=CC(n2cc(C)c(=O)[nH]c2=O)O1)Oc1ccc(C#N)cc1. The summed E-state index contributed by atoms with van der Waals surface area (Å²) in [5.41, 5.74) is -0.426. The number of hydrogen-bond acceptors (Lipinski definition) is 9. The lowest BCUT2D eigenvalue weighted by Crippen LogP contribution is -2.35. The van der Waals surface area contributed by atoms with Gasteiger partial charge in [-0.15, -0.1) is 0 Å². The molecule has 0 amide bonds. The number of H-pyrrole nitrogens is 1. The molecule has 2 N–H and O–H groups in total. The van der Waals surface area contributed by atoms with Crippen LogP contribution in [0.15, 0.2) is 52.2 Å². The third kappa shape index (κ3) is 6.09. The lowest BCUT2D eigenvalue weighted by Gasteiger charge is -2.24. The Morgan fingerprint density at radius 2 is 2.03 bits per heavy atom. The van der Waals surface area contributed by atoms with Crippen molar-refractivity contribution in [2.75, 3.05) is 13.7 Å². The maximum Gasteiger partial charge on any atom is 0.459 e. The lowest BCUT2D eigenvalue weighted by atomic mass is 10.2. The highest BCUT2D eigenvalue weighted by Crippen LogP contribution is 2.45. The molecule has 0 spiro atoms. The van der Waals surface area contributed by atoms with Crippen LogP contribution in [-0.4, -0.2) is 41.4 Å². The molecule has 0 radical (unpaired) electrons. The Kier molecular flexibility index (Phi) is 7.86. The van der Waals surface area contributed by atoms with E-state index in [9.17, 15) is 18.9 Å². The summed E-state index contributed by atoms with van der Waals surface area (Å²) in [6.07, 6.45) is 3.05. The number of nitrogens with zero attached hydrogens (tertiary/aromatic N) is 2. The molecule has 180 valence electrons. The maximum atomic E-state index is 13.4. The summed E-state index contributed by atoms with van der Waals surface area (Å²) in [6, 6.07) is 6.76. The molecule has 2 aromatic rings. The average molecular weight is 490 g/mol. The zero-order valence-electron chi connectivity index (χ0n) is 18.6. The van der Waals surface area contributed by atoms with E-state index >= 15 is 0 Å². The average Bonchev–Trinajstić information content (AvgIpc) is 3.29. The number of hydrogen-bond donors (Lipinski definition) is 2. The van der Waals surface area contributed by atoms with Crippen molar-refractivity contribution in [1.82, 2.24) is 14.6 Å². The molecule has 12 nitrogen and oxygen atoms in total. The first kappa shape index (κ1) is 25.1. The quantitative estimate of drug-likeness (QED) is 0.299. The number of rotatable bonds is 9. The molecule has 1 aliphatic rings. The van der Waals surface area contributed by atoms with E-state index in [1.54, 1.807) is 19.1 Å². The lowest BCUT2D eigenvalue weighted by molar-refractivity contribution is -0.142. The fourth-order valence-corrected chi connectivity index (χ4v) is 4.48. The Bertz CT molecular complexity index is 1280. The smallest absolute Gasteiger partial charge is 0.459 e. The molecule has 0 bridgehead atoms. The van der Waals surface area contributed by atoms with Gasteiger partial charge in [0.25, 0.3) is 5.56 Å². The molecule has 13 heteroatoms. The Labute approximate surface area is 194 Å². The molecule has 1 aromatic carbocycles. The normalized spacial score (nSPS) is 19.7. The third-order valence-electron chi connectivity index (χ3n) is 4.75. The van der Waals surface area contributed by atoms with Gasteiger partial charge in [-0.05, 0) is 44.2 Å². The third-order valence-corrected chi connectivity index (χ3v) is 6.39. The van der Waals surface area contributed by atoms with E-state index in [4.69, 9.17) is 19.0 Å². The Hall–Kier alpha value is -3.49. The molecule has 0 saturated heterocycles. The summed E-state index contributed by atoms with van der Waals surface area (Å²) in [4.78, 5) is 37.7. The van der Waals surface area contributed by atoms with Gasteiger partial charge < -0.3 is 14.0 Å². The van der Waals surface area contributed by atoms with E-state index in [2.05, 4.69) is 14.8 Å². The van der Waals surface area contributed by atoms with Crippen LogP contribution in [0.25, 0.3) is 0 Å². The second kappa shape index (κ2) is 10.6. The van der Waals surface area contributed by atoms with Gasteiger partial charge in [-0.25, -0.2) is 9.36 Å². The van der Waals surface area contributed by atoms with Crippen molar-refractivity contribution in [3.63, 3.8) is 0 Å². The number of methoxy groups -OCH3 is 1. The van der Waals surface area contributed by atoms with Crippen LogP contribution in [0.1, 0.15) is 24.3 Å². The number of nitriles is 1. The van der Waals surface area contributed by atoms with E-state index < -0.39 is 43.3 Å². The molecular formula is C21H23N4O8P. The van der Waals surface area contributed by atoms with Crippen molar-refractivity contribution in [3.8, 4) is 11.8 Å². The van der Waals surface area contributed by atoms with Crippen LogP contribution in [0, 0.1) is 18.3 Å². The van der Waals surface area contributed by atoms with Gasteiger partial charge in [-0.3, -0.25) is 23.7 Å². The molecule has 3 rings (SSSR count). The van der Waals surface area contributed by atoms with E-state index in [1.807, 2.05) is 6.07 Å². The van der Waals surface area contributed by atoms with Crippen LogP contribution < -0.4 is 20.9 Å². The summed E-state index contributed by atoms with van der Waals surface area (Å²) < 4.78 is 36.0. The number of nitrogens with one attached hydrogen (secondary N) is 2. The highest BCUT2D eigenvalue weighted by Gasteiger charge is 2.34. The monoisotopic (exact) mass is 490 g/mol. The van der Waals surface area contributed by atoms with E-state index in [0.717, 1.165) is 0 Å². The van der Waals surface area contributed by atoms with Gasteiger partial charge >= 0.3 is 19.4 Å². The fraction of sp³-hybridized carbons (Fsp3) is 0.333. The molecular weight excluding hydrogens is 467 g/mol. The molecule has 1 aromatic heterocycles. The number of aromatic nitrogens is 2. The minimum atomic E-state index is -4.12. The van der Waals surface area contributed by atoms with Crippen LogP contribution >= 0.6 is 7.75 Å². The maximum absolute atomic E-state index is 13.4. The van der Waals surface area contributed by atoms with Crippen LogP contribution in [0.5, 0.6) is 5.75 Å². The Morgan fingerprint density at radius 1 is 1.32 bits per heavy atom. The summed E-state index contributed by atoms with van der Waals surface area (Å²) >= 11 is 0. The summed E-state index contributed by atoms with van der Waals surface area (Å²) in [5, 5.41) is 11.4. The molecule has 0 saturated carbocycles. The minimum Gasteiger partial charge on any atom is -0.468 e. The van der Waals surface area contributed by atoms with E-state index in [1.165, 1.54) is 49.1 Å². The molecule has 3 unspecified atom stereocenters. The zero-order valence-corrected chi connectivity index (χ0v) is 19.5. The number of esters is 1. The predicted molar refractivity (Wildman–Crippen MR) is 119 cm³/mol. The number of aromatic amines is 1. The fourth-order valence-electron chi connectivity index (χ4n) is 2.97. The first-order valence-corrected chi connectivity index (χ1v) is 11.6. The second-order valence-electron chi connectivity index (χ2n) is 7.32. The first-order valence-electron chi connectivity index (χ1n) is 10.1. The molecule has 4 atom stereocenters. The predicted octanol–water partition coefficient (Wildman–Crippen LogP) is 1.53. The van der Waals surface area contributed by atoms with Crippen molar-refractivity contribution in [2.24, 2.45) is 0 Å². The number of benzene rings is 1. The first-order chi connectivity index (χ1) is 16.1. The van der Waals surface area contributed by atoms with Gasteiger partial charge in [0.05, 0.1) is 25.3 Å².